The Bertz CT molecular complexity index is 993. The lowest BCUT2D eigenvalue weighted by Gasteiger charge is -2.38. The molecule has 0 unspecified atom stereocenters. The van der Waals surface area contributed by atoms with Crippen LogP contribution in [0, 0.1) is 0 Å². The van der Waals surface area contributed by atoms with Crippen LogP contribution in [0.4, 0.5) is 11.4 Å². The van der Waals surface area contributed by atoms with Gasteiger partial charge in [0.25, 0.3) is 0 Å². The minimum atomic E-state index is -0.00812. The van der Waals surface area contributed by atoms with Crippen molar-refractivity contribution < 1.29 is 0 Å². The Hall–Kier alpha value is -2.32. The zero-order valence-corrected chi connectivity index (χ0v) is 15.1. The van der Waals surface area contributed by atoms with E-state index in [1.54, 1.807) is 0 Å². The van der Waals surface area contributed by atoms with Crippen molar-refractivity contribution in [2.45, 2.75) is 26.3 Å². The first-order valence-corrected chi connectivity index (χ1v) is 9.13. The number of rotatable bonds is 2. The largest absolute Gasteiger partial charge is 0.335 e. The van der Waals surface area contributed by atoms with E-state index in [1.165, 1.54) is 31.5 Å². The van der Waals surface area contributed by atoms with Gasteiger partial charge in [0.05, 0.1) is 10.4 Å². The molecule has 1 nitrogen and oxygen atoms in total. The third-order valence-corrected chi connectivity index (χ3v) is 5.52. The van der Waals surface area contributed by atoms with Crippen LogP contribution in [0.25, 0.3) is 20.2 Å². The number of benzene rings is 3. The summed E-state index contributed by atoms with van der Waals surface area (Å²) in [6, 6.07) is 26.0. The number of thiophene rings is 1. The van der Waals surface area contributed by atoms with Crippen molar-refractivity contribution in [3.63, 3.8) is 0 Å². The smallest absolute Gasteiger partial charge is 0.0597 e. The van der Waals surface area contributed by atoms with Crippen LogP contribution in [0.15, 0.2) is 72.8 Å². The number of hydrogen-bond donors (Lipinski definition) is 0. The molecule has 0 aliphatic rings. The minimum absolute atomic E-state index is 0.00812. The molecule has 0 aliphatic heterocycles. The summed E-state index contributed by atoms with van der Waals surface area (Å²) in [6.45, 7) is 6.81. The number of fused-ring (bicyclic) bond motifs is 3. The molecular formula is C22H21NS. The molecule has 0 saturated carbocycles. The Morgan fingerprint density at radius 2 is 1.38 bits per heavy atom. The number of para-hydroxylation sites is 1. The summed E-state index contributed by atoms with van der Waals surface area (Å²) >= 11 is 1.89. The third-order valence-electron chi connectivity index (χ3n) is 4.31. The maximum absolute atomic E-state index is 2.45. The third kappa shape index (κ3) is 2.47. The van der Waals surface area contributed by atoms with Gasteiger partial charge in [0.15, 0.2) is 0 Å². The van der Waals surface area contributed by atoms with Gasteiger partial charge in [-0.05, 0) is 45.0 Å². The van der Waals surface area contributed by atoms with Crippen LogP contribution < -0.4 is 4.90 Å². The summed E-state index contributed by atoms with van der Waals surface area (Å²) in [7, 11) is 0. The van der Waals surface area contributed by atoms with E-state index in [-0.39, 0.29) is 5.54 Å². The molecule has 24 heavy (non-hydrogen) atoms. The Morgan fingerprint density at radius 3 is 2.12 bits per heavy atom. The van der Waals surface area contributed by atoms with Crippen LogP contribution in [-0.4, -0.2) is 5.54 Å². The summed E-state index contributed by atoms with van der Waals surface area (Å²) in [5.74, 6) is 0. The lowest BCUT2D eigenvalue weighted by atomic mass is 10.0. The standard InChI is InChI=1S/C22H21NS/c1-22(2,3)23(16-10-5-4-6-11-16)19-14-9-13-18-17-12-7-8-15-20(17)24-21(18)19/h4-15H,1-3H3. The van der Waals surface area contributed by atoms with E-state index in [0.29, 0.717) is 0 Å². The van der Waals surface area contributed by atoms with Crippen LogP contribution in [0.1, 0.15) is 20.8 Å². The molecule has 4 aromatic rings. The van der Waals surface area contributed by atoms with Crippen LogP contribution >= 0.6 is 11.3 Å². The Morgan fingerprint density at radius 1 is 0.708 bits per heavy atom. The topological polar surface area (TPSA) is 3.24 Å². The fourth-order valence-electron chi connectivity index (χ4n) is 3.37. The molecule has 0 saturated heterocycles. The number of anilines is 2. The van der Waals surface area contributed by atoms with Crippen molar-refractivity contribution in [1.82, 2.24) is 0 Å². The van der Waals surface area contributed by atoms with Crippen LogP contribution in [-0.2, 0) is 0 Å². The second-order valence-corrected chi connectivity index (χ2v) is 8.15. The molecule has 0 radical (unpaired) electrons. The molecule has 4 rings (SSSR count). The summed E-state index contributed by atoms with van der Waals surface area (Å²) < 4.78 is 2.71. The first-order chi connectivity index (χ1) is 11.6. The van der Waals surface area contributed by atoms with Gasteiger partial charge in [-0.1, -0.05) is 48.5 Å². The van der Waals surface area contributed by atoms with E-state index in [4.69, 9.17) is 0 Å². The fraction of sp³-hybridized carbons (Fsp3) is 0.182. The molecule has 3 aromatic carbocycles. The quantitative estimate of drug-likeness (QED) is 0.382. The molecule has 1 aromatic heterocycles. The summed E-state index contributed by atoms with van der Waals surface area (Å²) in [5.41, 5.74) is 2.51. The van der Waals surface area contributed by atoms with Gasteiger partial charge in [-0.15, -0.1) is 11.3 Å². The van der Waals surface area contributed by atoms with Crippen molar-refractivity contribution in [3.8, 4) is 0 Å². The Kier molecular flexibility index (Phi) is 3.58. The summed E-state index contributed by atoms with van der Waals surface area (Å²) in [5, 5.41) is 2.69. The second-order valence-electron chi connectivity index (χ2n) is 7.09. The van der Waals surface area contributed by atoms with Crippen molar-refractivity contribution in [1.29, 1.82) is 0 Å². The van der Waals surface area contributed by atoms with Gasteiger partial charge in [0.2, 0.25) is 0 Å². The average Bonchev–Trinajstić information content (AvgIpc) is 2.94. The zero-order chi connectivity index (χ0) is 16.7. The monoisotopic (exact) mass is 331 g/mol. The minimum Gasteiger partial charge on any atom is -0.335 e. The lowest BCUT2D eigenvalue weighted by Crippen LogP contribution is -2.37. The molecule has 0 aliphatic carbocycles. The van der Waals surface area contributed by atoms with Crippen LogP contribution in [0.3, 0.4) is 0 Å². The predicted molar refractivity (Wildman–Crippen MR) is 108 cm³/mol. The number of nitrogens with zero attached hydrogens (tertiary/aromatic N) is 1. The van der Waals surface area contributed by atoms with Crippen LogP contribution in [0.5, 0.6) is 0 Å². The van der Waals surface area contributed by atoms with Gasteiger partial charge in [0, 0.05) is 26.7 Å². The summed E-state index contributed by atoms with van der Waals surface area (Å²) in [6.07, 6.45) is 0. The fourth-order valence-corrected chi connectivity index (χ4v) is 4.58. The maximum atomic E-state index is 2.45. The van der Waals surface area contributed by atoms with E-state index >= 15 is 0 Å². The molecular weight excluding hydrogens is 310 g/mol. The highest BCUT2D eigenvalue weighted by Crippen LogP contribution is 2.43. The van der Waals surface area contributed by atoms with Crippen molar-refractivity contribution >= 4 is 42.9 Å². The Labute approximate surface area is 147 Å². The first-order valence-electron chi connectivity index (χ1n) is 8.31. The van der Waals surface area contributed by atoms with Gasteiger partial charge in [-0.3, -0.25) is 0 Å². The van der Waals surface area contributed by atoms with Gasteiger partial charge in [0.1, 0.15) is 0 Å². The normalized spacial score (nSPS) is 12.0. The molecule has 120 valence electrons. The molecule has 0 spiro atoms. The van der Waals surface area contributed by atoms with E-state index < -0.39 is 0 Å². The van der Waals surface area contributed by atoms with Gasteiger partial charge >= 0.3 is 0 Å². The van der Waals surface area contributed by atoms with Crippen molar-refractivity contribution in [3.05, 3.63) is 72.8 Å². The Balaban J connectivity index is 2.03. The zero-order valence-electron chi connectivity index (χ0n) is 14.3. The molecule has 0 N–H and O–H groups in total. The van der Waals surface area contributed by atoms with E-state index in [0.717, 1.165) is 0 Å². The molecule has 0 bridgehead atoms. The summed E-state index contributed by atoms with van der Waals surface area (Å²) in [4.78, 5) is 2.45. The van der Waals surface area contributed by atoms with E-state index in [9.17, 15) is 0 Å². The van der Waals surface area contributed by atoms with Crippen molar-refractivity contribution in [2.24, 2.45) is 0 Å². The van der Waals surface area contributed by atoms with Gasteiger partial charge in [-0.2, -0.15) is 0 Å². The first kappa shape index (κ1) is 15.2. The van der Waals surface area contributed by atoms with Crippen LogP contribution in [0.2, 0.25) is 0 Å². The molecule has 1 heterocycles. The maximum Gasteiger partial charge on any atom is 0.0597 e. The second kappa shape index (κ2) is 5.64. The number of hydrogen-bond acceptors (Lipinski definition) is 2. The highest BCUT2D eigenvalue weighted by Gasteiger charge is 2.25. The SMILES string of the molecule is CC(C)(C)N(c1ccccc1)c1cccc2c1sc1ccccc12. The van der Waals surface area contributed by atoms with E-state index in [1.807, 2.05) is 11.3 Å². The molecule has 0 amide bonds. The van der Waals surface area contributed by atoms with Gasteiger partial charge < -0.3 is 4.90 Å². The molecule has 0 fully saturated rings. The molecule has 0 atom stereocenters. The average molecular weight is 331 g/mol. The highest BCUT2D eigenvalue weighted by molar-refractivity contribution is 7.26. The highest BCUT2D eigenvalue weighted by atomic mass is 32.1. The predicted octanol–water partition coefficient (Wildman–Crippen LogP) is 6.99. The van der Waals surface area contributed by atoms with Gasteiger partial charge in [-0.25, -0.2) is 0 Å². The van der Waals surface area contributed by atoms with E-state index in [2.05, 4.69) is 98.5 Å². The molecule has 2 heteroatoms. The van der Waals surface area contributed by atoms with Crippen molar-refractivity contribution in [2.75, 3.05) is 4.90 Å². The lowest BCUT2D eigenvalue weighted by molar-refractivity contribution is 0.562.